The summed E-state index contributed by atoms with van der Waals surface area (Å²) in [6.07, 6.45) is 1.41. The van der Waals surface area contributed by atoms with Crippen molar-refractivity contribution in [2.75, 3.05) is 11.5 Å². The molecule has 2 aromatic rings. The van der Waals surface area contributed by atoms with Crippen LogP contribution in [0.4, 0.5) is 5.69 Å². The number of rotatable bonds is 5. The van der Waals surface area contributed by atoms with Crippen molar-refractivity contribution in [1.29, 1.82) is 0 Å². The predicted molar refractivity (Wildman–Crippen MR) is 68.6 cm³/mol. The number of hydrogen-bond donors (Lipinski definition) is 2. The second-order valence-electron chi connectivity index (χ2n) is 3.56. The van der Waals surface area contributed by atoms with Crippen molar-refractivity contribution in [3.63, 3.8) is 0 Å². The van der Waals surface area contributed by atoms with Gasteiger partial charge in [0.05, 0.1) is 12.7 Å². The predicted octanol–water partition coefficient (Wildman–Crippen LogP) is 1.35. The molecule has 7 heteroatoms. The summed E-state index contributed by atoms with van der Waals surface area (Å²) in [5.41, 5.74) is 6.51. The van der Waals surface area contributed by atoms with Gasteiger partial charge in [0, 0.05) is 16.3 Å². The minimum atomic E-state index is -1.07. The first-order chi connectivity index (χ1) is 8.66. The van der Waals surface area contributed by atoms with E-state index in [4.69, 9.17) is 10.8 Å². The Morgan fingerprint density at radius 1 is 1.44 bits per heavy atom. The third-order valence-electron chi connectivity index (χ3n) is 2.25. The van der Waals surface area contributed by atoms with Crippen LogP contribution in [0.25, 0.3) is 0 Å². The summed E-state index contributed by atoms with van der Waals surface area (Å²) < 4.78 is 1.51. The molecule has 3 N–H and O–H groups in total. The lowest BCUT2D eigenvalue weighted by molar-refractivity contribution is 0.0690. The van der Waals surface area contributed by atoms with Crippen molar-refractivity contribution in [3.05, 3.63) is 36.2 Å². The second-order valence-corrected chi connectivity index (χ2v) is 4.70. The molecule has 1 aromatic carbocycles. The fraction of sp³-hybridized carbons (Fsp3) is 0.182. The molecule has 0 radical (unpaired) electrons. The fourth-order valence-electron chi connectivity index (χ4n) is 1.37. The molecule has 0 aliphatic carbocycles. The molecule has 1 heterocycles. The number of nitrogens with zero attached hydrogens (tertiary/aromatic N) is 3. The van der Waals surface area contributed by atoms with Crippen LogP contribution < -0.4 is 5.73 Å². The summed E-state index contributed by atoms with van der Waals surface area (Å²) in [7, 11) is 0. The van der Waals surface area contributed by atoms with Crippen molar-refractivity contribution in [3.8, 4) is 0 Å². The molecule has 2 rings (SSSR count). The molecule has 0 bridgehead atoms. The molecule has 0 fully saturated rings. The summed E-state index contributed by atoms with van der Waals surface area (Å²) in [5, 5.41) is 16.0. The van der Waals surface area contributed by atoms with Crippen LogP contribution in [-0.4, -0.2) is 31.8 Å². The van der Waals surface area contributed by atoms with Crippen molar-refractivity contribution in [2.24, 2.45) is 0 Å². The number of nitrogens with two attached hydrogens (primary N) is 1. The number of aryl methyl sites for hydroxylation is 1. The normalized spacial score (nSPS) is 10.4. The zero-order chi connectivity index (χ0) is 13.0. The molecule has 1 aromatic heterocycles. The van der Waals surface area contributed by atoms with Crippen LogP contribution in [0.5, 0.6) is 0 Å². The number of thioether (sulfide) groups is 1. The zero-order valence-corrected chi connectivity index (χ0v) is 10.3. The largest absolute Gasteiger partial charge is 0.476 e. The Balaban J connectivity index is 1.88. The SMILES string of the molecule is Nc1ccccc1SCCn1cc(C(=O)O)nn1. The molecule has 18 heavy (non-hydrogen) atoms. The number of para-hydroxylation sites is 1. The Kier molecular flexibility index (Phi) is 3.83. The summed E-state index contributed by atoms with van der Waals surface area (Å²) in [6.45, 7) is 0.583. The molecular formula is C11H12N4O2S. The molecular weight excluding hydrogens is 252 g/mol. The number of carboxylic acids is 1. The summed E-state index contributed by atoms with van der Waals surface area (Å²) in [5.74, 6) is -0.322. The van der Waals surface area contributed by atoms with Crippen LogP contribution in [0.3, 0.4) is 0 Å². The molecule has 0 saturated heterocycles. The van der Waals surface area contributed by atoms with E-state index in [0.717, 1.165) is 16.3 Å². The first-order valence-corrected chi connectivity index (χ1v) is 6.26. The molecule has 0 aliphatic rings. The van der Waals surface area contributed by atoms with Gasteiger partial charge in [-0.15, -0.1) is 16.9 Å². The smallest absolute Gasteiger partial charge is 0.358 e. The fourth-order valence-corrected chi connectivity index (χ4v) is 2.27. The van der Waals surface area contributed by atoms with Crippen LogP contribution in [0.2, 0.25) is 0 Å². The van der Waals surface area contributed by atoms with Gasteiger partial charge >= 0.3 is 5.97 Å². The van der Waals surface area contributed by atoms with Crippen molar-refractivity contribution >= 4 is 23.4 Å². The number of aromatic nitrogens is 3. The van der Waals surface area contributed by atoms with Crippen molar-refractivity contribution in [2.45, 2.75) is 11.4 Å². The minimum Gasteiger partial charge on any atom is -0.476 e. The lowest BCUT2D eigenvalue weighted by atomic mass is 10.3. The number of aromatic carboxylic acids is 1. The topological polar surface area (TPSA) is 94.0 Å². The molecule has 94 valence electrons. The van der Waals surface area contributed by atoms with E-state index < -0.39 is 5.97 Å². The highest BCUT2D eigenvalue weighted by molar-refractivity contribution is 7.99. The third-order valence-corrected chi connectivity index (χ3v) is 3.32. The van der Waals surface area contributed by atoms with Crippen LogP contribution in [0, 0.1) is 0 Å². The van der Waals surface area contributed by atoms with Gasteiger partial charge in [-0.2, -0.15) is 0 Å². The van der Waals surface area contributed by atoms with E-state index in [0.29, 0.717) is 6.54 Å². The standard InChI is InChI=1S/C11H12N4O2S/c12-8-3-1-2-4-10(8)18-6-5-15-7-9(11(16)17)13-14-15/h1-4,7H,5-6,12H2,(H,16,17). The van der Waals surface area contributed by atoms with E-state index in [1.165, 1.54) is 10.9 Å². The number of carbonyl (C=O) groups is 1. The van der Waals surface area contributed by atoms with E-state index in [2.05, 4.69) is 10.3 Å². The number of hydrogen-bond acceptors (Lipinski definition) is 5. The van der Waals surface area contributed by atoms with Gasteiger partial charge in [0.1, 0.15) is 0 Å². The third kappa shape index (κ3) is 3.01. The molecule has 0 saturated carbocycles. The monoisotopic (exact) mass is 264 g/mol. The molecule has 6 nitrogen and oxygen atoms in total. The van der Waals surface area contributed by atoms with Crippen LogP contribution in [0.15, 0.2) is 35.4 Å². The van der Waals surface area contributed by atoms with Gasteiger partial charge in [-0.1, -0.05) is 17.3 Å². The summed E-state index contributed by atoms with van der Waals surface area (Å²) >= 11 is 1.60. The highest BCUT2D eigenvalue weighted by Crippen LogP contribution is 2.24. The Morgan fingerprint density at radius 3 is 2.89 bits per heavy atom. The van der Waals surface area contributed by atoms with E-state index in [1.807, 2.05) is 24.3 Å². The van der Waals surface area contributed by atoms with E-state index >= 15 is 0 Å². The van der Waals surface area contributed by atoms with Crippen LogP contribution in [-0.2, 0) is 6.54 Å². The maximum absolute atomic E-state index is 10.6. The molecule has 0 amide bonds. The average molecular weight is 264 g/mol. The maximum atomic E-state index is 10.6. The van der Waals surface area contributed by atoms with Gasteiger partial charge in [0.25, 0.3) is 0 Å². The number of carboxylic acid groups (broad SMARTS) is 1. The molecule has 0 spiro atoms. The Morgan fingerprint density at radius 2 is 2.22 bits per heavy atom. The number of nitrogen functional groups attached to an aromatic ring is 1. The Hall–Kier alpha value is -2.02. The first-order valence-electron chi connectivity index (χ1n) is 5.27. The first kappa shape index (κ1) is 12.4. The van der Waals surface area contributed by atoms with Gasteiger partial charge < -0.3 is 10.8 Å². The van der Waals surface area contributed by atoms with Gasteiger partial charge in [0.2, 0.25) is 0 Å². The number of benzene rings is 1. The molecule has 0 unspecified atom stereocenters. The average Bonchev–Trinajstić information content (AvgIpc) is 2.80. The lowest BCUT2D eigenvalue weighted by Crippen LogP contribution is -2.01. The zero-order valence-electron chi connectivity index (χ0n) is 9.48. The van der Waals surface area contributed by atoms with E-state index in [9.17, 15) is 4.79 Å². The van der Waals surface area contributed by atoms with Crippen LogP contribution >= 0.6 is 11.8 Å². The summed E-state index contributed by atoms with van der Waals surface area (Å²) in [4.78, 5) is 11.6. The Labute approximate surface area is 108 Å². The highest BCUT2D eigenvalue weighted by atomic mass is 32.2. The Bertz CT molecular complexity index is 555. The van der Waals surface area contributed by atoms with Gasteiger partial charge in [0.15, 0.2) is 5.69 Å². The number of anilines is 1. The molecule has 0 aliphatic heterocycles. The maximum Gasteiger partial charge on any atom is 0.358 e. The second kappa shape index (κ2) is 5.54. The quantitative estimate of drug-likeness (QED) is 0.625. The van der Waals surface area contributed by atoms with E-state index in [1.54, 1.807) is 11.8 Å². The lowest BCUT2D eigenvalue weighted by Gasteiger charge is -2.04. The van der Waals surface area contributed by atoms with Crippen molar-refractivity contribution in [1.82, 2.24) is 15.0 Å². The van der Waals surface area contributed by atoms with Crippen LogP contribution in [0.1, 0.15) is 10.5 Å². The van der Waals surface area contributed by atoms with Crippen molar-refractivity contribution < 1.29 is 9.90 Å². The van der Waals surface area contributed by atoms with E-state index in [-0.39, 0.29) is 5.69 Å². The van der Waals surface area contributed by atoms with Gasteiger partial charge in [-0.05, 0) is 12.1 Å². The van der Waals surface area contributed by atoms with Gasteiger partial charge in [-0.25, -0.2) is 4.79 Å². The highest BCUT2D eigenvalue weighted by Gasteiger charge is 2.07. The summed E-state index contributed by atoms with van der Waals surface area (Å²) in [6, 6.07) is 7.61. The minimum absolute atomic E-state index is 0.0424. The van der Waals surface area contributed by atoms with Gasteiger partial charge in [-0.3, -0.25) is 4.68 Å². The molecule has 0 atom stereocenters.